The molecule has 5 nitrogen and oxygen atoms in total. The first-order valence-electron chi connectivity index (χ1n) is 9.76. The van der Waals surface area contributed by atoms with Crippen LogP contribution in [0.1, 0.15) is 31.2 Å². The lowest BCUT2D eigenvalue weighted by molar-refractivity contribution is -0.118. The van der Waals surface area contributed by atoms with Crippen molar-refractivity contribution < 1.29 is 9.53 Å². The van der Waals surface area contributed by atoms with Gasteiger partial charge in [-0.05, 0) is 48.8 Å². The number of piperazine rings is 1. The Bertz CT molecular complexity index is 669. The molecular weight excluding hydrogens is 314 g/mol. The summed E-state index contributed by atoms with van der Waals surface area (Å²) in [4.78, 5) is 16.8. The van der Waals surface area contributed by atoms with Gasteiger partial charge in [-0.3, -0.25) is 14.6 Å². The Hall–Kier alpha value is -1.59. The molecule has 0 spiro atoms. The molecular formula is C20H27N3O2. The van der Waals surface area contributed by atoms with Crippen molar-refractivity contribution in [1.82, 2.24) is 9.80 Å². The number of rotatable bonds is 3. The van der Waals surface area contributed by atoms with E-state index >= 15 is 0 Å². The van der Waals surface area contributed by atoms with E-state index in [0.29, 0.717) is 0 Å². The van der Waals surface area contributed by atoms with Gasteiger partial charge in [-0.1, -0.05) is 12.5 Å². The number of hydrogen-bond acceptors (Lipinski definition) is 4. The molecule has 1 amide bonds. The molecule has 0 radical (unpaired) electrons. The van der Waals surface area contributed by atoms with Gasteiger partial charge in [0, 0.05) is 38.8 Å². The van der Waals surface area contributed by atoms with Gasteiger partial charge in [0.15, 0.2) is 6.61 Å². The Morgan fingerprint density at radius 3 is 2.76 bits per heavy atom. The van der Waals surface area contributed by atoms with E-state index in [9.17, 15) is 4.79 Å². The summed E-state index contributed by atoms with van der Waals surface area (Å²) in [6.45, 7) is 5.78. The van der Waals surface area contributed by atoms with Crippen LogP contribution in [0.25, 0.3) is 0 Å². The van der Waals surface area contributed by atoms with Crippen LogP contribution in [0.2, 0.25) is 0 Å². The lowest BCUT2D eigenvalue weighted by atomic mass is 9.93. The lowest BCUT2D eigenvalue weighted by Crippen LogP contribution is -2.51. The van der Waals surface area contributed by atoms with E-state index in [1.54, 1.807) is 0 Å². The average Bonchev–Trinajstić information content (AvgIpc) is 3.25. The highest BCUT2D eigenvalue weighted by Crippen LogP contribution is 2.46. The fourth-order valence-electron chi connectivity index (χ4n) is 5.40. The van der Waals surface area contributed by atoms with E-state index in [4.69, 9.17) is 4.74 Å². The fourth-order valence-corrected chi connectivity index (χ4v) is 5.40. The normalized spacial score (nSPS) is 32.3. The summed E-state index contributed by atoms with van der Waals surface area (Å²) >= 11 is 0. The van der Waals surface area contributed by atoms with Gasteiger partial charge in [-0.15, -0.1) is 0 Å². The molecule has 3 fully saturated rings. The van der Waals surface area contributed by atoms with Gasteiger partial charge < -0.3 is 10.1 Å². The van der Waals surface area contributed by atoms with Gasteiger partial charge in [0.1, 0.15) is 5.75 Å². The second-order valence-electron chi connectivity index (χ2n) is 8.22. The van der Waals surface area contributed by atoms with Crippen LogP contribution in [0.5, 0.6) is 5.75 Å². The first-order chi connectivity index (χ1) is 12.2. The lowest BCUT2D eigenvalue weighted by Gasteiger charge is -2.41. The van der Waals surface area contributed by atoms with Gasteiger partial charge in [-0.25, -0.2) is 0 Å². The summed E-state index contributed by atoms with van der Waals surface area (Å²) in [5.74, 6) is 2.73. The predicted octanol–water partition coefficient (Wildman–Crippen LogP) is 2.32. The summed E-state index contributed by atoms with van der Waals surface area (Å²) < 4.78 is 5.44. The first kappa shape index (κ1) is 15.6. The van der Waals surface area contributed by atoms with Crippen LogP contribution in [-0.4, -0.2) is 54.5 Å². The summed E-state index contributed by atoms with van der Waals surface area (Å²) in [5, 5.41) is 2.91. The number of ether oxygens (including phenoxy) is 1. The summed E-state index contributed by atoms with van der Waals surface area (Å²) in [5.41, 5.74) is 2.06. The molecule has 5 rings (SSSR count). The Morgan fingerprint density at radius 1 is 1.12 bits per heavy atom. The Labute approximate surface area is 149 Å². The zero-order valence-corrected chi connectivity index (χ0v) is 14.7. The number of fused-ring (bicyclic) bond motifs is 3. The average molecular weight is 341 g/mol. The van der Waals surface area contributed by atoms with Crippen molar-refractivity contribution in [2.24, 2.45) is 11.8 Å². The molecule has 25 heavy (non-hydrogen) atoms. The first-order valence-corrected chi connectivity index (χ1v) is 9.76. The number of nitrogens with one attached hydrogen (secondary N) is 1. The fraction of sp³-hybridized carbons (Fsp3) is 0.650. The second kappa shape index (κ2) is 6.29. The zero-order chi connectivity index (χ0) is 16.8. The highest BCUT2D eigenvalue weighted by atomic mass is 16.5. The van der Waals surface area contributed by atoms with Gasteiger partial charge >= 0.3 is 0 Å². The van der Waals surface area contributed by atoms with Crippen LogP contribution in [0.4, 0.5) is 5.69 Å². The summed E-state index contributed by atoms with van der Waals surface area (Å²) in [7, 11) is 0. The molecule has 4 aliphatic rings. The molecule has 1 N–H and O–H groups in total. The molecule has 2 heterocycles. The standard InChI is InChI=1S/C20H27N3O2/c24-20-13-25-19-4-2-15(10-17(19)21-20)12-22-5-7-23(8-6-22)18-11-14-1-3-16(18)9-14/h2,4,10,14,16,18H,1,3,5-9,11-13H2,(H,21,24). The number of carbonyl (C=O) groups excluding carboxylic acids is 1. The minimum atomic E-state index is -0.0656. The second-order valence-corrected chi connectivity index (χ2v) is 8.22. The Morgan fingerprint density at radius 2 is 2.00 bits per heavy atom. The van der Waals surface area contributed by atoms with Crippen molar-refractivity contribution in [1.29, 1.82) is 0 Å². The minimum absolute atomic E-state index is 0.0656. The molecule has 3 atom stereocenters. The molecule has 1 aromatic rings. The van der Waals surface area contributed by atoms with Crippen molar-refractivity contribution in [3.8, 4) is 5.75 Å². The Kier molecular flexibility index (Phi) is 3.94. The molecule has 1 aromatic carbocycles. The van der Waals surface area contributed by atoms with Gasteiger partial charge in [0.2, 0.25) is 0 Å². The van der Waals surface area contributed by atoms with Gasteiger partial charge in [0.25, 0.3) is 5.91 Å². The molecule has 2 saturated carbocycles. The number of amides is 1. The summed E-state index contributed by atoms with van der Waals surface area (Å²) in [6, 6.07) is 7.04. The number of anilines is 1. The maximum absolute atomic E-state index is 11.5. The van der Waals surface area contributed by atoms with E-state index in [0.717, 1.165) is 48.9 Å². The third kappa shape index (κ3) is 3.04. The third-order valence-electron chi connectivity index (χ3n) is 6.66. The monoisotopic (exact) mass is 341 g/mol. The number of carbonyl (C=O) groups is 1. The van der Waals surface area contributed by atoms with Crippen molar-refractivity contribution in [3.05, 3.63) is 23.8 Å². The molecule has 5 heteroatoms. The van der Waals surface area contributed by atoms with Gasteiger partial charge in [-0.2, -0.15) is 0 Å². The quantitative estimate of drug-likeness (QED) is 0.916. The van der Waals surface area contributed by atoms with Crippen LogP contribution in [0.15, 0.2) is 18.2 Å². The SMILES string of the molecule is O=C1COc2ccc(CN3CCN(C4CC5CCC4C5)CC3)cc2N1. The predicted molar refractivity (Wildman–Crippen MR) is 96.7 cm³/mol. The molecule has 2 aliphatic carbocycles. The zero-order valence-electron chi connectivity index (χ0n) is 14.7. The van der Waals surface area contributed by atoms with E-state index in [1.807, 2.05) is 6.07 Å². The molecule has 2 aliphatic heterocycles. The van der Waals surface area contributed by atoms with Crippen LogP contribution >= 0.6 is 0 Å². The maximum Gasteiger partial charge on any atom is 0.262 e. The van der Waals surface area contributed by atoms with Crippen LogP contribution in [0.3, 0.4) is 0 Å². The summed E-state index contributed by atoms with van der Waals surface area (Å²) in [6.07, 6.45) is 5.90. The maximum atomic E-state index is 11.5. The third-order valence-corrected chi connectivity index (χ3v) is 6.66. The van der Waals surface area contributed by atoms with E-state index in [2.05, 4.69) is 27.2 Å². The van der Waals surface area contributed by atoms with Crippen LogP contribution < -0.4 is 10.1 Å². The van der Waals surface area contributed by atoms with E-state index in [-0.39, 0.29) is 12.5 Å². The molecule has 1 saturated heterocycles. The molecule has 3 unspecified atom stereocenters. The minimum Gasteiger partial charge on any atom is -0.482 e. The highest BCUT2D eigenvalue weighted by molar-refractivity contribution is 5.95. The van der Waals surface area contributed by atoms with E-state index < -0.39 is 0 Å². The molecule has 2 bridgehead atoms. The number of hydrogen-bond donors (Lipinski definition) is 1. The number of nitrogens with zero attached hydrogens (tertiary/aromatic N) is 2. The molecule has 0 aromatic heterocycles. The number of benzene rings is 1. The van der Waals surface area contributed by atoms with Crippen LogP contribution in [-0.2, 0) is 11.3 Å². The van der Waals surface area contributed by atoms with Crippen molar-refractivity contribution >= 4 is 11.6 Å². The van der Waals surface area contributed by atoms with Crippen molar-refractivity contribution in [2.75, 3.05) is 38.1 Å². The largest absolute Gasteiger partial charge is 0.482 e. The topological polar surface area (TPSA) is 44.8 Å². The highest BCUT2D eigenvalue weighted by Gasteiger charge is 2.42. The van der Waals surface area contributed by atoms with Crippen LogP contribution in [0, 0.1) is 11.8 Å². The smallest absolute Gasteiger partial charge is 0.262 e. The van der Waals surface area contributed by atoms with Crippen molar-refractivity contribution in [2.45, 2.75) is 38.3 Å². The van der Waals surface area contributed by atoms with E-state index in [1.165, 1.54) is 44.3 Å². The van der Waals surface area contributed by atoms with Crippen molar-refractivity contribution in [3.63, 3.8) is 0 Å². The molecule has 134 valence electrons. The van der Waals surface area contributed by atoms with Gasteiger partial charge in [0.05, 0.1) is 5.69 Å². The Balaban J connectivity index is 1.18.